The molecule has 0 saturated carbocycles. The predicted octanol–water partition coefficient (Wildman–Crippen LogP) is 2.07. The fraction of sp³-hybridized carbons (Fsp3) is 0.143. The molecular weight excluding hydrogens is 278 g/mol. The van der Waals surface area contributed by atoms with Crippen LogP contribution in [-0.2, 0) is 9.53 Å². The summed E-state index contributed by atoms with van der Waals surface area (Å²) in [5, 5.41) is 0. The molecule has 2 N–H and O–H groups in total. The molecule has 0 aliphatic rings. The van der Waals surface area contributed by atoms with Crippen LogP contribution in [0.4, 0.5) is 0 Å². The average Bonchev–Trinajstić information content (AvgIpc) is 2.89. The lowest BCUT2D eigenvalue weighted by Gasteiger charge is -2.02. The van der Waals surface area contributed by atoms with Crippen molar-refractivity contribution in [1.82, 2.24) is 0 Å². The minimum atomic E-state index is -0.603. The van der Waals surface area contributed by atoms with E-state index >= 15 is 0 Å². The van der Waals surface area contributed by atoms with Gasteiger partial charge in [0.1, 0.15) is 5.75 Å². The van der Waals surface area contributed by atoms with Gasteiger partial charge in [-0.3, -0.25) is 4.79 Å². The van der Waals surface area contributed by atoms with E-state index in [4.69, 9.17) is 15.2 Å². The van der Waals surface area contributed by atoms with Crippen LogP contribution in [0, 0.1) is 0 Å². The van der Waals surface area contributed by atoms with Gasteiger partial charge in [0.15, 0.2) is 11.5 Å². The summed E-state index contributed by atoms with van der Waals surface area (Å²) in [6.45, 7) is -0.283. The number of carbonyl (C=O) groups excluding carboxylic acids is 2. The third kappa shape index (κ3) is 3.16. The Bertz CT molecular complexity index is 621. The number of methoxy groups -OCH3 is 1. The number of thiophene rings is 1. The van der Waals surface area contributed by atoms with E-state index in [9.17, 15) is 9.59 Å². The molecule has 0 spiro atoms. The predicted molar refractivity (Wildman–Crippen MR) is 75.8 cm³/mol. The van der Waals surface area contributed by atoms with Crippen molar-refractivity contribution in [2.75, 3.05) is 13.7 Å². The summed E-state index contributed by atoms with van der Waals surface area (Å²) in [6, 6.07) is 11.3. The van der Waals surface area contributed by atoms with Gasteiger partial charge in [-0.15, -0.1) is 11.3 Å². The normalized spacial score (nSPS) is 10.1. The topological polar surface area (TPSA) is 78.6 Å². The van der Waals surface area contributed by atoms with Gasteiger partial charge < -0.3 is 15.2 Å². The number of benzene rings is 1. The van der Waals surface area contributed by atoms with Crippen molar-refractivity contribution in [3.8, 4) is 16.2 Å². The first-order valence-electron chi connectivity index (χ1n) is 5.80. The van der Waals surface area contributed by atoms with Gasteiger partial charge in [-0.05, 0) is 11.6 Å². The molecule has 20 heavy (non-hydrogen) atoms. The fourth-order valence-electron chi connectivity index (χ4n) is 1.61. The first-order valence-corrected chi connectivity index (χ1v) is 6.62. The Morgan fingerprint density at radius 3 is 2.55 bits per heavy atom. The van der Waals surface area contributed by atoms with E-state index in [0.717, 1.165) is 10.4 Å². The molecule has 1 heterocycles. The summed E-state index contributed by atoms with van der Waals surface area (Å²) < 4.78 is 9.97. The zero-order chi connectivity index (χ0) is 14.5. The highest BCUT2D eigenvalue weighted by atomic mass is 32.1. The largest absolute Gasteiger partial charge is 0.482 e. The summed E-state index contributed by atoms with van der Waals surface area (Å²) in [5.41, 5.74) is 6.00. The number of esters is 1. The van der Waals surface area contributed by atoms with Crippen LogP contribution in [-0.4, -0.2) is 25.6 Å². The Hall–Kier alpha value is -2.34. The standard InChI is InChI=1S/C14H13NO4S/c1-18-14(17)13-10(19-8-12(15)16)7-11(20-13)9-5-3-2-4-6-9/h2-7H,8H2,1H3,(H2,15,16). The van der Waals surface area contributed by atoms with Gasteiger partial charge in [-0.25, -0.2) is 4.79 Å². The highest BCUT2D eigenvalue weighted by Crippen LogP contribution is 2.36. The number of primary amides is 1. The lowest BCUT2D eigenvalue weighted by Crippen LogP contribution is -2.20. The highest BCUT2D eigenvalue weighted by molar-refractivity contribution is 7.17. The van der Waals surface area contributed by atoms with Crippen molar-refractivity contribution >= 4 is 23.2 Å². The van der Waals surface area contributed by atoms with Crippen LogP contribution in [0.1, 0.15) is 9.67 Å². The van der Waals surface area contributed by atoms with E-state index in [-0.39, 0.29) is 6.61 Å². The van der Waals surface area contributed by atoms with Crippen LogP contribution in [0.2, 0.25) is 0 Å². The summed E-state index contributed by atoms with van der Waals surface area (Å²) in [5.74, 6) is -0.801. The molecule has 0 unspecified atom stereocenters. The van der Waals surface area contributed by atoms with Crippen molar-refractivity contribution in [1.29, 1.82) is 0 Å². The second-order valence-corrected chi connectivity index (χ2v) is 4.97. The maximum atomic E-state index is 11.7. The number of rotatable bonds is 5. The monoisotopic (exact) mass is 291 g/mol. The number of carbonyl (C=O) groups is 2. The minimum absolute atomic E-state index is 0.283. The van der Waals surface area contributed by atoms with Crippen LogP contribution >= 0.6 is 11.3 Å². The van der Waals surface area contributed by atoms with Crippen LogP contribution in [0.5, 0.6) is 5.75 Å². The van der Waals surface area contributed by atoms with Crippen molar-refractivity contribution < 1.29 is 19.1 Å². The van der Waals surface area contributed by atoms with E-state index in [2.05, 4.69) is 0 Å². The molecule has 0 aliphatic heterocycles. The van der Waals surface area contributed by atoms with Gasteiger partial charge in [0.05, 0.1) is 7.11 Å². The van der Waals surface area contributed by atoms with Crippen LogP contribution < -0.4 is 10.5 Å². The van der Waals surface area contributed by atoms with E-state index in [0.29, 0.717) is 10.6 Å². The lowest BCUT2D eigenvalue weighted by molar-refractivity contribution is -0.119. The number of amides is 1. The minimum Gasteiger partial charge on any atom is -0.482 e. The van der Waals surface area contributed by atoms with Gasteiger partial charge in [0.25, 0.3) is 5.91 Å². The quantitative estimate of drug-likeness (QED) is 0.855. The zero-order valence-electron chi connectivity index (χ0n) is 10.8. The Kier molecular flexibility index (Phi) is 4.37. The van der Waals surface area contributed by atoms with Gasteiger partial charge in [-0.1, -0.05) is 30.3 Å². The highest BCUT2D eigenvalue weighted by Gasteiger charge is 2.19. The average molecular weight is 291 g/mol. The molecule has 6 heteroatoms. The number of nitrogens with two attached hydrogens (primary N) is 1. The number of hydrogen-bond acceptors (Lipinski definition) is 5. The van der Waals surface area contributed by atoms with Gasteiger partial charge in [0, 0.05) is 4.88 Å². The van der Waals surface area contributed by atoms with E-state index in [1.54, 1.807) is 6.07 Å². The SMILES string of the molecule is COC(=O)c1sc(-c2ccccc2)cc1OCC(N)=O. The smallest absolute Gasteiger partial charge is 0.351 e. The first-order chi connectivity index (χ1) is 9.61. The Labute approximate surface area is 119 Å². The summed E-state index contributed by atoms with van der Waals surface area (Å²) in [6.07, 6.45) is 0. The molecule has 5 nitrogen and oxygen atoms in total. The van der Waals surface area contributed by atoms with Gasteiger partial charge in [0.2, 0.25) is 0 Å². The van der Waals surface area contributed by atoms with Crippen LogP contribution in [0.3, 0.4) is 0 Å². The molecule has 104 valence electrons. The molecule has 0 aliphatic carbocycles. The van der Waals surface area contributed by atoms with Gasteiger partial charge >= 0.3 is 5.97 Å². The van der Waals surface area contributed by atoms with Crippen molar-refractivity contribution in [3.05, 3.63) is 41.3 Å². The summed E-state index contributed by atoms with van der Waals surface area (Å²) >= 11 is 1.25. The molecule has 1 amide bonds. The maximum absolute atomic E-state index is 11.7. The maximum Gasteiger partial charge on any atom is 0.351 e. The summed E-state index contributed by atoms with van der Waals surface area (Å²) in [4.78, 5) is 23.7. The Morgan fingerprint density at radius 2 is 1.95 bits per heavy atom. The molecule has 1 aromatic heterocycles. The molecule has 0 radical (unpaired) electrons. The molecule has 0 saturated heterocycles. The third-order valence-electron chi connectivity index (χ3n) is 2.50. The fourth-order valence-corrected chi connectivity index (χ4v) is 2.63. The zero-order valence-corrected chi connectivity index (χ0v) is 11.6. The summed E-state index contributed by atoms with van der Waals surface area (Å²) in [7, 11) is 1.29. The van der Waals surface area contributed by atoms with E-state index < -0.39 is 11.9 Å². The molecule has 1 aromatic carbocycles. The second-order valence-electron chi connectivity index (χ2n) is 3.92. The first kappa shape index (κ1) is 14.1. The number of ether oxygens (including phenoxy) is 2. The van der Waals surface area contributed by atoms with Crippen LogP contribution in [0.15, 0.2) is 36.4 Å². The number of hydrogen-bond donors (Lipinski definition) is 1. The van der Waals surface area contributed by atoms with Crippen LogP contribution in [0.25, 0.3) is 10.4 Å². The molecular formula is C14H13NO4S. The van der Waals surface area contributed by atoms with Crippen molar-refractivity contribution in [2.24, 2.45) is 5.73 Å². The van der Waals surface area contributed by atoms with Crippen molar-refractivity contribution in [3.63, 3.8) is 0 Å². The molecule has 0 bridgehead atoms. The lowest BCUT2D eigenvalue weighted by atomic mass is 10.2. The van der Waals surface area contributed by atoms with E-state index in [1.165, 1.54) is 18.4 Å². The Morgan fingerprint density at radius 1 is 1.25 bits per heavy atom. The van der Waals surface area contributed by atoms with Crippen molar-refractivity contribution in [2.45, 2.75) is 0 Å². The third-order valence-corrected chi connectivity index (χ3v) is 3.64. The molecule has 0 atom stereocenters. The molecule has 0 fully saturated rings. The molecule has 2 aromatic rings. The van der Waals surface area contributed by atoms with E-state index in [1.807, 2.05) is 30.3 Å². The Balaban J connectivity index is 2.36. The second kappa shape index (κ2) is 6.21. The van der Waals surface area contributed by atoms with Gasteiger partial charge in [-0.2, -0.15) is 0 Å². The molecule has 2 rings (SSSR count).